The molecule has 29 heavy (non-hydrogen) atoms. The van der Waals surface area contributed by atoms with Crippen LogP contribution in [0.1, 0.15) is 51.9 Å². The van der Waals surface area contributed by atoms with Crippen LogP contribution >= 0.6 is 35.7 Å². The molecular weight excluding hydrogens is 493 g/mol. The van der Waals surface area contributed by atoms with Gasteiger partial charge in [-0.3, -0.25) is 14.8 Å². The Balaban J connectivity index is 0.00000300. The van der Waals surface area contributed by atoms with E-state index >= 15 is 0 Å². The third-order valence-electron chi connectivity index (χ3n) is 6.66. The van der Waals surface area contributed by atoms with E-state index in [4.69, 9.17) is 4.99 Å². The molecule has 2 heterocycles. The van der Waals surface area contributed by atoms with E-state index < -0.39 is 0 Å². The van der Waals surface area contributed by atoms with Crippen molar-refractivity contribution in [3.05, 3.63) is 12.7 Å². The average Bonchev–Trinajstić information content (AvgIpc) is 2.75. The molecule has 2 N–H and O–H groups in total. The highest BCUT2D eigenvalue weighted by molar-refractivity contribution is 14.0. The summed E-state index contributed by atoms with van der Waals surface area (Å²) in [4.78, 5) is 10.4. The number of thioether (sulfide) groups is 1. The number of halogens is 1. The molecule has 0 spiro atoms. The first-order valence-corrected chi connectivity index (χ1v) is 12.6. The molecule has 3 aliphatic rings. The van der Waals surface area contributed by atoms with Gasteiger partial charge in [-0.1, -0.05) is 25.3 Å². The Hall–Kier alpha value is 0.01000. The minimum absolute atomic E-state index is 0. The summed E-state index contributed by atoms with van der Waals surface area (Å²) in [5.74, 6) is 3.60. The number of hydrogen-bond donors (Lipinski definition) is 2. The number of guanidine groups is 1. The molecule has 0 unspecified atom stereocenters. The standard InChI is InChI=1S/C22H41N5S.HI/c1-3-12-26-13-8-20(9-14-26)25-21(23-4-2)24-19-22(10-6-5-7-11-22)27-15-17-28-18-16-27;/h3,20H,1,4-19H2,2H3,(H2,23,24,25);1H. The van der Waals surface area contributed by atoms with Crippen LogP contribution in [0.25, 0.3) is 0 Å². The number of rotatable bonds is 7. The van der Waals surface area contributed by atoms with Gasteiger partial charge in [0.1, 0.15) is 0 Å². The number of likely N-dealkylation sites (tertiary alicyclic amines) is 1. The van der Waals surface area contributed by atoms with Gasteiger partial charge in [0, 0.05) is 62.4 Å². The highest BCUT2D eigenvalue weighted by Gasteiger charge is 2.38. The third kappa shape index (κ3) is 7.58. The maximum atomic E-state index is 5.15. The van der Waals surface area contributed by atoms with Crippen molar-refractivity contribution in [2.24, 2.45) is 4.99 Å². The van der Waals surface area contributed by atoms with E-state index in [0.29, 0.717) is 11.6 Å². The molecule has 0 radical (unpaired) electrons. The fraction of sp³-hybridized carbons (Fsp3) is 0.864. The van der Waals surface area contributed by atoms with Gasteiger partial charge in [-0.25, -0.2) is 0 Å². The van der Waals surface area contributed by atoms with Gasteiger partial charge >= 0.3 is 0 Å². The lowest BCUT2D eigenvalue weighted by Crippen LogP contribution is -2.56. The minimum Gasteiger partial charge on any atom is -0.357 e. The highest BCUT2D eigenvalue weighted by atomic mass is 127. The van der Waals surface area contributed by atoms with E-state index in [2.05, 4.69) is 45.7 Å². The van der Waals surface area contributed by atoms with Gasteiger partial charge in [-0.05, 0) is 32.6 Å². The van der Waals surface area contributed by atoms with Gasteiger partial charge in [0.15, 0.2) is 5.96 Å². The van der Waals surface area contributed by atoms with Crippen LogP contribution in [0.5, 0.6) is 0 Å². The molecule has 2 saturated heterocycles. The van der Waals surface area contributed by atoms with E-state index in [9.17, 15) is 0 Å². The van der Waals surface area contributed by atoms with Gasteiger partial charge in [-0.2, -0.15) is 11.8 Å². The lowest BCUT2D eigenvalue weighted by molar-refractivity contribution is 0.0671. The van der Waals surface area contributed by atoms with Crippen LogP contribution in [-0.4, -0.2) is 84.7 Å². The molecule has 5 nitrogen and oxygen atoms in total. The molecule has 0 amide bonds. The predicted octanol–water partition coefficient (Wildman–Crippen LogP) is 3.56. The Morgan fingerprint density at radius 1 is 1.14 bits per heavy atom. The predicted molar refractivity (Wildman–Crippen MR) is 139 cm³/mol. The molecule has 0 bridgehead atoms. The van der Waals surface area contributed by atoms with E-state index in [1.807, 2.05) is 6.08 Å². The summed E-state index contributed by atoms with van der Waals surface area (Å²) in [7, 11) is 0. The van der Waals surface area contributed by atoms with Gasteiger partial charge in [0.25, 0.3) is 0 Å². The normalized spacial score (nSPS) is 24.5. The summed E-state index contributed by atoms with van der Waals surface area (Å²) in [6.45, 7) is 13.7. The SMILES string of the molecule is C=CCN1CCC(NC(=NCC2(N3CCSCC3)CCCCC2)NCC)CC1.I. The van der Waals surface area contributed by atoms with Crippen molar-refractivity contribution < 1.29 is 0 Å². The lowest BCUT2D eigenvalue weighted by Gasteiger charge is -2.47. The maximum absolute atomic E-state index is 5.15. The Morgan fingerprint density at radius 2 is 1.83 bits per heavy atom. The molecule has 0 aromatic rings. The van der Waals surface area contributed by atoms with Crippen LogP contribution in [0.3, 0.4) is 0 Å². The van der Waals surface area contributed by atoms with Crippen LogP contribution in [0.4, 0.5) is 0 Å². The second-order valence-electron chi connectivity index (χ2n) is 8.59. The van der Waals surface area contributed by atoms with Gasteiger partial charge in [-0.15, -0.1) is 30.6 Å². The van der Waals surface area contributed by atoms with Gasteiger partial charge in [0.05, 0.1) is 6.54 Å². The summed E-state index contributed by atoms with van der Waals surface area (Å²) >= 11 is 2.11. The first-order chi connectivity index (χ1) is 13.8. The molecule has 3 rings (SSSR count). The fourth-order valence-electron chi connectivity index (χ4n) is 5.00. The van der Waals surface area contributed by atoms with Crippen LogP contribution in [0, 0.1) is 0 Å². The number of nitrogens with zero attached hydrogens (tertiary/aromatic N) is 3. The summed E-state index contributed by atoms with van der Waals surface area (Å²) in [6, 6.07) is 0.535. The van der Waals surface area contributed by atoms with Crippen molar-refractivity contribution in [3.8, 4) is 0 Å². The van der Waals surface area contributed by atoms with E-state index in [-0.39, 0.29) is 24.0 Å². The van der Waals surface area contributed by atoms with Crippen molar-refractivity contribution in [3.63, 3.8) is 0 Å². The van der Waals surface area contributed by atoms with E-state index in [0.717, 1.165) is 38.7 Å². The summed E-state index contributed by atoms with van der Waals surface area (Å²) in [5.41, 5.74) is 0.301. The zero-order valence-corrected chi connectivity index (χ0v) is 21.5. The highest BCUT2D eigenvalue weighted by Crippen LogP contribution is 2.35. The molecule has 2 aliphatic heterocycles. The summed E-state index contributed by atoms with van der Waals surface area (Å²) in [6.07, 6.45) is 11.2. The zero-order chi connectivity index (χ0) is 19.7. The summed E-state index contributed by atoms with van der Waals surface area (Å²) in [5, 5.41) is 7.26. The molecular formula is C22H42IN5S. The molecule has 1 aliphatic carbocycles. The molecule has 0 aromatic carbocycles. The van der Waals surface area contributed by atoms with E-state index in [1.165, 1.54) is 69.5 Å². The van der Waals surface area contributed by atoms with Gasteiger partial charge in [0.2, 0.25) is 0 Å². The smallest absolute Gasteiger partial charge is 0.191 e. The monoisotopic (exact) mass is 535 g/mol. The van der Waals surface area contributed by atoms with Crippen molar-refractivity contribution in [1.29, 1.82) is 0 Å². The van der Waals surface area contributed by atoms with Crippen molar-refractivity contribution in [2.45, 2.75) is 63.5 Å². The second kappa shape index (κ2) is 13.4. The molecule has 0 atom stereocenters. The average molecular weight is 536 g/mol. The Bertz CT molecular complexity index is 495. The molecule has 0 aromatic heterocycles. The number of piperidine rings is 1. The molecule has 168 valence electrons. The van der Waals surface area contributed by atoms with Crippen LogP contribution < -0.4 is 10.6 Å². The van der Waals surface area contributed by atoms with Crippen molar-refractivity contribution in [1.82, 2.24) is 20.4 Å². The number of hydrogen-bond acceptors (Lipinski definition) is 4. The van der Waals surface area contributed by atoms with Crippen LogP contribution in [-0.2, 0) is 0 Å². The fourth-order valence-corrected chi connectivity index (χ4v) is 5.91. The second-order valence-corrected chi connectivity index (χ2v) is 9.81. The Morgan fingerprint density at radius 3 is 2.45 bits per heavy atom. The quantitative estimate of drug-likeness (QED) is 0.226. The molecule has 1 saturated carbocycles. The van der Waals surface area contributed by atoms with Crippen molar-refractivity contribution in [2.75, 3.05) is 57.3 Å². The maximum Gasteiger partial charge on any atom is 0.191 e. The molecule has 3 fully saturated rings. The Kier molecular flexibility index (Phi) is 11.7. The number of nitrogens with one attached hydrogen (secondary N) is 2. The topological polar surface area (TPSA) is 42.9 Å². The van der Waals surface area contributed by atoms with Crippen LogP contribution in [0.2, 0.25) is 0 Å². The number of aliphatic imine (C=N–C) groups is 1. The summed E-state index contributed by atoms with van der Waals surface area (Å²) < 4.78 is 0. The Labute approximate surface area is 199 Å². The zero-order valence-electron chi connectivity index (χ0n) is 18.3. The van der Waals surface area contributed by atoms with Crippen molar-refractivity contribution >= 4 is 41.7 Å². The van der Waals surface area contributed by atoms with Crippen LogP contribution in [0.15, 0.2) is 17.6 Å². The lowest BCUT2D eigenvalue weighted by atomic mass is 9.80. The van der Waals surface area contributed by atoms with E-state index in [1.54, 1.807) is 0 Å². The largest absolute Gasteiger partial charge is 0.357 e. The minimum atomic E-state index is 0. The first kappa shape index (κ1) is 25.3. The molecule has 7 heteroatoms. The first-order valence-electron chi connectivity index (χ1n) is 11.5. The third-order valence-corrected chi connectivity index (χ3v) is 7.60. The van der Waals surface area contributed by atoms with Gasteiger partial charge < -0.3 is 10.6 Å².